The summed E-state index contributed by atoms with van der Waals surface area (Å²) in [5.74, 6) is -0.407. The second kappa shape index (κ2) is 21.2. The Morgan fingerprint density at radius 1 is 0.500 bits per heavy atom. The predicted molar refractivity (Wildman–Crippen MR) is 116 cm³/mol. The number of allylic oxidation sites excluding steroid dienone is 8. The molecule has 0 rings (SSSR count). The molecule has 0 aromatic carbocycles. The molecule has 4 heteroatoms. The van der Waals surface area contributed by atoms with Gasteiger partial charge in [0.15, 0.2) is 0 Å². The first-order chi connectivity index (χ1) is 13.6. The molecule has 0 aromatic rings. The Morgan fingerprint density at radius 2 is 0.750 bits per heavy atom. The lowest BCUT2D eigenvalue weighted by atomic mass is 10.2. The average molecular weight is 391 g/mol. The van der Waals surface area contributed by atoms with Crippen molar-refractivity contribution in [1.82, 2.24) is 0 Å². The molecule has 28 heavy (non-hydrogen) atoms. The van der Waals surface area contributed by atoms with Crippen molar-refractivity contribution in [2.45, 2.75) is 78.1 Å². The third kappa shape index (κ3) is 23.9. The second-order valence-electron chi connectivity index (χ2n) is 6.58. The summed E-state index contributed by atoms with van der Waals surface area (Å²) in [7, 11) is 0. The van der Waals surface area contributed by atoms with Gasteiger partial charge in [-0.3, -0.25) is 9.59 Å². The van der Waals surface area contributed by atoms with Crippen molar-refractivity contribution in [3.8, 4) is 0 Å². The maximum absolute atomic E-state index is 10.6. The topological polar surface area (TPSA) is 52.6 Å². The smallest absolute Gasteiger partial charge is 0.302 e. The first-order valence-corrected chi connectivity index (χ1v) is 10.5. The summed E-state index contributed by atoms with van der Waals surface area (Å²) in [6.45, 7) is 3.91. The predicted octanol–water partition coefficient (Wildman–Crippen LogP) is 6.24. The van der Waals surface area contributed by atoms with Gasteiger partial charge >= 0.3 is 11.9 Å². The number of unbranched alkanes of at least 4 members (excludes halogenated alkanes) is 5. The van der Waals surface area contributed by atoms with Gasteiger partial charge in [0, 0.05) is 13.8 Å². The fraction of sp³-hybridized carbons (Fsp3) is 0.583. The fourth-order valence-corrected chi connectivity index (χ4v) is 2.35. The highest BCUT2D eigenvalue weighted by molar-refractivity contribution is 5.66. The minimum atomic E-state index is -0.203. The van der Waals surface area contributed by atoms with Crippen molar-refractivity contribution in [1.29, 1.82) is 0 Å². The van der Waals surface area contributed by atoms with Crippen LogP contribution in [0, 0.1) is 0 Å². The van der Waals surface area contributed by atoms with Crippen molar-refractivity contribution in [2.24, 2.45) is 0 Å². The molecule has 0 fully saturated rings. The quantitative estimate of drug-likeness (QED) is 0.168. The zero-order chi connectivity index (χ0) is 20.7. The van der Waals surface area contributed by atoms with E-state index in [-0.39, 0.29) is 11.9 Å². The lowest BCUT2D eigenvalue weighted by Gasteiger charge is -1.98. The molecule has 0 aliphatic rings. The highest BCUT2D eigenvalue weighted by atomic mass is 16.5. The number of esters is 2. The molecular formula is C24H38O4. The Bertz CT molecular complexity index is 455. The van der Waals surface area contributed by atoms with E-state index in [1.165, 1.54) is 13.8 Å². The van der Waals surface area contributed by atoms with Crippen molar-refractivity contribution < 1.29 is 19.1 Å². The van der Waals surface area contributed by atoms with Crippen LogP contribution in [0.5, 0.6) is 0 Å². The molecule has 0 aliphatic carbocycles. The van der Waals surface area contributed by atoms with Crippen LogP contribution in [-0.2, 0) is 19.1 Å². The number of ether oxygens (including phenoxy) is 2. The van der Waals surface area contributed by atoms with Gasteiger partial charge in [-0.2, -0.15) is 0 Å². The van der Waals surface area contributed by atoms with E-state index in [9.17, 15) is 9.59 Å². The first-order valence-electron chi connectivity index (χ1n) is 10.5. The van der Waals surface area contributed by atoms with Gasteiger partial charge in [-0.25, -0.2) is 0 Å². The summed E-state index contributed by atoms with van der Waals surface area (Å²) >= 11 is 0. The van der Waals surface area contributed by atoms with Crippen LogP contribution in [0.1, 0.15) is 78.1 Å². The lowest BCUT2D eigenvalue weighted by Crippen LogP contribution is -1.99. The molecule has 0 amide bonds. The summed E-state index contributed by atoms with van der Waals surface area (Å²) in [5.41, 5.74) is 0. The van der Waals surface area contributed by atoms with Gasteiger partial charge in [-0.15, -0.1) is 0 Å². The molecule has 0 spiro atoms. The lowest BCUT2D eigenvalue weighted by molar-refractivity contribution is -0.142. The van der Waals surface area contributed by atoms with Crippen molar-refractivity contribution in [3.05, 3.63) is 48.6 Å². The van der Waals surface area contributed by atoms with Crippen LogP contribution in [0.2, 0.25) is 0 Å². The van der Waals surface area contributed by atoms with Crippen LogP contribution in [0.3, 0.4) is 0 Å². The molecule has 0 unspecified atom stereocenters. The molecular weight excluding hydrogens is 352 g/mol. The van der Waals surface area contributed by atoms with Gasteiger partial charge in [-0.1, -0.05) is 48.6 Å². The minimum Gasteiger partial charge on any atom is -0.466 e. The van der Waals surface area contributed by atoms with Crippen LogP contribution in [0.15, 0.2) is 48.6 Å². The van der Waals surface area contributed by atoms with E-state index in [0.717, 1.165) is 64.2 Å². The fourth-order valence-electron chi connectivity index (χ4n) is 2.35. The Kier molecular flexibility index (Phi) is 19.6. The summed E-state index contributed by atoms with van der Waals surface area (Å²) in [6.07, 6.45) is 27.9. The summed E-state index contributed by atoms with van der Waals surface area (Å²) in [6, 6.07) is 0. The minimum absolute atomic E-state index is 0.203. The van der Waals surface area contributed by atoms with Crippen LogP contribution < -0.4 is 0 Å². The summed E-state index contributed by atoms with van der Waals surface area (Å²) in [5, 5.41) is 0. The zero-order valence-electron chi connectivity index (χ0n) is 17.7. The number of carbonyl (C=O) groups is 2. The molecule has 0 bridgehead atoms. The monoisotopic (exact) mass is 390 g/mol. The third-order valence-electron chi connectivity index (χ3n) is 3.81. The van der Waals surface area contributed by atoms with E-state index in [2.05, 4.69) is 48.6 Å². The second-order valence-corrected chi connectivity index (χ2v) is 6.58. The molecule has 0 radical (unpaired) electrons. The average Bonchev–Trinajstić information content (AvgIpc) is 2.65. The van der Waals surface area contributed by atoms with Crippen LogP contribution in [-0.4, -0.2) is 25.2 Å². The Labute approximate surface area is 171 Å². The van der Waals surface area contributed by atoms with E-state index in [1.807, 2.05) is 0 Å². The Morgan fingerprint density at radius 3 is 1.00 bits per heavy atom. The van der Waals surface area contributed by atoms with Crippen molar-refractivity contribution >= 4 is 11.9 Å². The van der Waals surface area contributed by atoms with Crippen LogP contribution in [0.4, 0.5) is 0 Å². The van der Waals surface area contributed by atoms with E-state index >= 15 is 0 Å². The molecule has 0 heterocycles. The first kappa shape index (κ1) is 25.9. The van der Waals surface area contributed by atoms with Gasteiger partial charge < -0.3 is 9.47 Å². The largest absolute Gasteiger partial charge is 0.466 e. The zero-order valence-corrected chi connectivity index (χ0v) is 17.7. The maximum Gasteiger partial charge on any atom is 0.302 e. The molecule has 0 aromatic heterocycles. The molecule has 0 saturated carbocycles. The molecule has 0 atom stereocenters. The van der Waals surface area contributed by atoms with Crippen LogP contribution >= 0.6 is 0 Å². The van der Waals surface area contributed by atoms with Gasteiger partial charge in [0.25, 0.3) is 0 Å². The van der Waals surface area contributed by atoms with E-state index < -0.39 is 0 Å². The van der Waals surface area contributed by atoms with E-state index in [1.54, 1.807) is 0 Å². The Hall–Kier alpha value is -2.10. The summed E-state index contributed by atoms with van der Waals surface area (Å²) in [4.78, 5) is 21.2. The van der Waals surface area contributed by atoms with Gasteiger partial charge in [0.05, 0.1) is 13.2 Å². The molecule has 0 aliphatic heterocycles. The molecule has 0 saturated heterocycles. The van der Waals surface area contributed by atoms with Crippen LogP contribution in [0.25, 0.3) is 0 Å². The van der Waals surface area contributed by atoms with E-state index in [0.29, 0.717) is 13.2 Å². The number of carbonyl (C=O) groups excluding carboxylic acids is 2. The number of rotatable bonds is 17. The Balaban J connectivity index is 3.36. The highest BCUT2D eigenvalue weighted by Gasteiger charge is 1.91. The summed E-state index contributed by atoms with van der Waals surface area (Å²) < 4.78 is 9.76. The molecule has 158 valence electrons. The third-order valence-corrected chi connectivity index (χ3v) is 3.81. The van der Waals surface area contributed by atoms with Crippen molar-refractivity contribution in [3.63, 3.8) is 0 Å². The SMILES string of the molecule is CC(=O)OCCC/C=C\CC/C=C\CC/C=C\CC/C=C\CCCOC(C)=O. The normalized spacial score (nSPS) is 11.9. The molecule has 4 nitrogen and oxygen atoms in total. The number of hydrogen-bond donors (Lipinski definition) is 0. The van der Waals surface area contributed by atoms with E-state index in [4.69, 9.17) is 9.47 Å². The number of hydrogen-bond acceptors (Lipinski definition) is 4. The maximum atomic E-state index is 10.6. The van der Waals surface area contributed by atoms with Gasteiger partial charge in [0.2, 0.25) is 0 Å². The molecule has 0 N–H and O–H groups in total. The van der Waals surface area contributed by atoms with Gasteiger partial charge in [-0.05, 0) is 64.2 Å². The van der Waals surface area contributed by atoms with Gasteiger partial charge in [0.1, 0.15) is 0 Å². The highest BCUT2D eigenvalue weighted by Crippen LogP contribution is 2.02. The standard InChI is InChI=1S/C24H38O4/c1-23(25)27-21-19-17-15-13-11-9-7-5-3-4-6-8-10-12-14-16-18-20-22-28-24(2)26/h5-8,13-16H,3-4,9-12,17-22H2,1-2H3/b7-5-,8-6-,15-13-,16-14-. The van der Waals surface area contributed by atoms with Crippen molar-refractivity contribution in [2.75, 3.05) is 13.2 Å².